The van der Waals surface area contributed by atoms with Gasteiger partial charge in [-0.05, 0) is 13.3 Å². The Morgan fingerprint density at radius 1 is 1.91 bits per heavy atom. The molecule has 1 fully saturated rings. The molecular formula is C7H11NO2S. The van der Waals surface area contributed by atoms with Crippen LogP contribution in [0.25, 0.3) is 0 Å². The number of nitrogens with one attached hydrogen (secondary N) is 1. The highest BCUT2D eigenvalue weighted by molar-refractivity contribution is 8.14. The van der Waals surface area contributed by atoms with Crippen LogP contribution in [0.5, 0.6) is 0 Å². The van der Waals surface area contributed by atoms with Crippen molar-refractivity contribution in [3.8, 4) is 0 Å². The van der Waals surface area contributed by atoms with Crippen molar-refractivity contribution >= 4 is 22.8 Å². The fourth-order valence-electron chi connectivity index (χ4n) is 0.986. The maximum absolute atomic E-state index is 11.1. The Labute approximate surface area is 70.0 Å². The van der Waals surface area contributed by atoms with Crippen molar-refractivity contribution in [2.75, 3.05) is 12.4 Å². The first kappa shape index (κ1) is 8.59. The molecule has 1 atom stereocenters. The number of hydrogen-bond donors (Lipinski definition) is 1. The third kappa shape index (κ3) is 1.96. The molecule has 0 aliphatic carbocycles. The summed E-state index contributed by atoms with van der Waals surface area (Å²) in [6, 6.07) is 0. The zero-order valence-corrected chi connectivity index (χ0v) is 7.24. The maximum atomic E-state index is 11.1. The summed E-state index contributed by atoms with van der Waals surface area (Å²) < 4.78 is 4.80. The highest BCUT2D eigenvalue weighted by Gasteiger charge is 2.29. The molecule has 0 saturated carbocycles. The van der Waals surface area contributed by atoms with Crippen LogP contribution >= 0.6 is 11.8 Å². The summed E-state index contributed by atoms with van der Waals surface area (Å²) in [6.07, 6.45) is 0.766. The molecule has 0 bridgehead atoms. The van der Waals surface area contributed by atoms with Gasteiger partial charge in [-0.15, -0.1) is 11.8 Å². The first-order valence-electron chi connectivity index (χ1n) is 3.63. The standard InChI is InChI=1S/C7H11NO2S/c1-2-10-7(9)5-3-4-11-6(5)8/h5,8H,2-4H2,1H3. The van der Waals surface area contributed by atoms with E-state index in [0.29, 0.717) is 11.7 Å². The van der Waals surface area contributed by atoms with E-state index >= 15 is 0 Å². The summed E-state index contributed by atoms with van der Waals surface area (Å²) in [4.78, 5) is 11.1. The van der Waals surface area contributed by atoms with Gasteiger partial charge in [0.1, 0.15) is 5.92 Å². The van der Waals surface area contributed by atoms with Gasteiger partial charge in [0.2, 0.25) is 0 Å². The van der Waals surface area contributed by atoms with Gasteiger partial charge in [0, 0.05) is 5.75 Å². The summed E-state index contributed by atoms with van der Waals surface area (Å²) in [7, 11) is 0. The van der Waals surface area contributed by atoms with Gasteiger partial charge >= 0.3 is 5.97 Å². The van der Waals surface area contributed by atoms with Crippen molar-refractivity contribution in [3.05, 3.63) is 0 Å². The van der Waals surface area contributed by atoms with Crippen molar-refractivity contribution in [2.24, 2.45) is 5.92 Å². The lowest BCUT2D eigenvalue weighted by atomic mass is 10.1. The molecule has 0 aromatic heterocycles. The van der Waals surface area contributed by atoms with Crippen molar-refractivity contribution < 1.29 is 9.53 Å². The quantitative estimate of drug-likeness (QED) is 0.640. The average Bonchev–Trinajstić information content (AvgIpc) is 2.36. The van der Waals surface area contributed by atoms with Crippen LogP contribution in [0.1, 0.15) is 13.3 Å². The van der Waals surface area contributed by atoms with Gasteiger partial charge in [0.15, 0.2) is 0 Å². The van der Waals surface area contributed by atoms with Crippen LogP contribution in [0.2, 0.25) is 0 Å². The molecule has 1 aliphatic rings. The molecule has 1 rings (SSSR count). The van der Waals surface area contributed by atoms with Crippen LogP contribution in [0.4, 0.5) is 0 Å². The van der Waals surface area contributed by atoms with Gasteiger partial charge in [-0.2, -0.15) is 0 Å². The Hall–Kier alpha value is -0.510. The third-order valence-corrected chi connectivity index (χ3v) is 2.59. The molecule has 0 spiro atoms. The van der Waals surface area contributed by atoms with E-state index in [9.17, 15) is 4.79 Å². The Morgan fingerprint density at radius 2 is 2.64 bits per heavy atom. The van der Waals surface area contributed by atoms with E-state index in [1.165, 1.54) is 11.8 Å². The molecule has 1 heterocycles. The summed E-state index contributed by atoms with van der Waals surface area (Å²) in [6.45, 7) is 2.19. The van der Waals surface area contributed by atoms with E-state index < -0.39 is 0 Å². The Bertz CT molecular complexity index is 181. The van der Waals surface area contributed by atoms with Crippen LogP contribution in [0.15, 0.2) is 0 Å². The molecule has 0 radical (unpaired) electrons. The minimum Gasteiger partial charge on any atom is -0.465 e. The van der Waals surface area contributed by atoms with Gasteiger partial charge in [-0.3, -0.25) is 10.2 Å². The summed E-state index contributed by atoms with van der Waals surface area (Å²) >= 11 is 1.44. The zero-order chi connectivity index (χ0) is 8.27. The van der Waals surface area contributed by atoms with Gasteiger partial charge in [-0.25, -0.2) is 0 Å². The van der Waals surface area contributed by atoms with E-state index in [4.69, 9.17) is 10.1 Å². The van der Waals surface area contributed by atoms with Crippen LogP contribution < -0.4 is 0 Å². The molecule has 3 nitrogen and oxygen atoms in total. The highest BCUT2D eigenvalue weighted by Crippen LogP contribution is 2.26. The van der Waals surface area contributed by atoms with E-state index in [-0.39, 0.29) is 11.9 Å². The van der Waals surface area contributed by atoms with E-state index in [0.717, 1.165) is 12.2 Å². The molecular weight excluding hydrogens is 162 g/mol. The first-order valence-corrected chi connectivity index (χ1v) is 4.62. The molecule has 1 saturated heterocycles. The predicted octanol–water partition coefficient (Wildman–Crippen LogP) is 1.28. The lowest BCUT2D eigenvalue weighted by molar-refractivity contribution is -0.145. The minimum absolute atomic E-state index is 0.234. The van der Waals surface area contributed by atoms with Gasteiger partial charge in [-0.1, -0.05) is 0 Å². The van der Waals surface area contributed by atoms with E-state index in [1.54, 1.807) is 6.92 Å². The van der Waals surface area contributed by atoms with Gasteiger partial charge in [0.05, 0.1) is 11.7 Å². The third-order valence-electron chi connectivity index (χ3n) is 1.55. The van der Waals surface area contributed by atoms with E-state index in [2.05, 4.69) is 0 Å². The number of carbonyl (C=O) groups is 1. The maximum Gasteiger partial charge on any atom is 0.315 e. The Balaban J connectivity index is 2.46. The number of rotatable bonds is 2. The fraction of sp³-hybridized carbons (Fsp3) is 0.714. The smallest absolute Gasteiger partial charge is 0.315 e. The summed E-state index contributed by atoms with van der Waals surface area (Å²) in [5.41, 5.74) is 0. The van der Waals surface area contributed by atoms with Crippen LogP contribution in [0, 0.1) is 11.3 Å². The lowest BCUT2D eigenvalue weighted by Gasteiger charge is -2.06. The predicted molar refractivity (Wildman–Crippen MR) is 44.9 cm³/mol. The normalized spacial score (nSPS) is 23.7. The molecule has 1 aliphatic heterocycles. The Kier molecular flexibility index (Phi) is 2.93. The second kappa shape index (κ2) is 3.76. The van der Waals surface area contributed by atoms with Crippen LogP contribution in [-0.4, -0.2) is 23.4 Å². The SMILES string of the molecule is CCOC(=O)C1CCSC1=N. The van der Waals surface area contributed by atoms with Crippen molar-refractivity contribution in [3.63, 3.8) is 0 Å². The molecule has 62 valence electrons. The second-order valence-electron chi connectivity index (χ2n) is 2.31. The zero-order valence-electron chi connectivity index (χ0n) is 6.42. The largest absolute Gasteiger partial charge is 0.465 e. The van der Waals surface area contributed by atoms with Gasteiger partial charge in [0.25, 0.3) is 0 Å². The van der Waals surface area contributed by atoms with Crippen molar-refractivity contribution in [1.82, 2.24) is 0 Å². The van der Waals surface area contributed by atoms with Crippen molar-refractivity contribution in [1.29, 1.82) is 5.41 Å². The number of carbonyl (C=O) groups excluding carboxylic acids is 1. The molecule has 11 heavy (non-hydrogen) atoms. The molecule has 0 aromatic carbocycles. The van der Waals surface area contributed by atoms with Crippen molar-refractivity contribution in [2.45, 2.75) is 13.3 Å². The molecule has 0 aromatic rings. The molecule has 4 heteroatoms. The summed E-state index contributed by atoms with van der Waals surface area (Å²) in [5.74, 6) is 0.380. The van der Waals surface area contributed by atoms with Crippen LogP contribution in [0.3, 0.4) is 0 Å². The average molecular weight is 173 g/mol. The number of esters is 1. The Morgan fingerprint density at radius 3 is 3.09 bits per heavy atom. The van der Waals surface area contributed by atoms with Crippen LogP contribution in [-0.2, 0) is 9.53 Å². The van der Waals surface area contributed by atoms with Gasteiger partial charge < -0.3 is 4.74 Å². The topological polar surface area (TPSA) is 50.2 Å². The molecule has 0 amide bonds. The number of ether oxygens (including phenoxy) is 1. The highest BCUT2D eigenvalue weighted by atomic mass is 32.2. The lowest BCUT2D eigenvalue weighted by Crippen LogP contribution is -2.19. The van der Waals surface area contributed by atoms with E-state index in [1.807, 2.05) is 0 Å². The summed E-state index contributed by atoms with van der Waals surface area (Å²) in [5, 5.41) is 7.84. The molecule has 1 N–H and O–H groups in total. The number of thioether (sulfide) groups is 1. The number of hydrogen-bond acceptors (Lipinski definition) is 4. The molecule has 1 unspecified atom stereocenters. The monoisotopic (exact) mass is 173 g/mol. The first-order chi connectivity index (χ1) is 5.25. The second-order valence-corrected chi connectivity index (χ2v) is 3.44. The minimum atomic E-state index is -0.264. The fourth-order valence-corrected chi connectivity index (χ4v) is 1.97.